The van der Waals surface area contributed by atoms with E-state index in [1.807, 2.05) is 0 Å². The molecule has 0 radical (unpaired) electrons. The first-order valence-corrected chi connectivity index (χ1v) is 6.98. The van der Waals surface area contributed by atoms with Crippen molar-refractivity contribution in [3.8, 4) is 0 Å². The molecule has 1 fully saturated rings. The molecule has 0 spiro atoms. The average molecular weight is 242 g/mol. The van der Waals surface area contributed by atoms with E-state index in [-0.39, 0.29) is 0 Å². The van der Waals surface area contributed by atoms with Gasteiger partial charge in [-0.2, -0.15) is 0 Å². The SMILES string of the molecule is Cc1cc(C)c2c(CC3CCCC3N)c[nH]c2c1. The molecule has 2 unspecified atom stereocenters. The Bertz CT molecular complexity index is 568. The van der Waals surface area contributed by atoms with Gasteiger partial charge in [-0.05, 0) is 61.8 Å². The monoisotopic (exact) mass is 242 g/mol. The maximum absolute atomic E-state index is 6.19. The molecule has 2 aromatic rings. The zero-order valence-electron chi connectivity index (χ0n) is 11.3. The number of aromatic nitrogens is 1. The minimum absolute atomic E-state index is 0.403. The highest BCUT2D eigenvalue weighted by atomic mass is 14.7. The van der Waals surface area contributed by atoms with E-state index in [0.717, 1.165) is 6.42 Å². The van der Waals surface area contributed by atoms with Crippen molar-refractivity contribution < 1.29 is 0 Å². The first-order valence-electron chi connectivity index (χ1n) is 6.98. The fourth-order valence-corrected chi connectivity index (χ4v) is 3.51. The summed E-state index contributed by atoms with van der Waals surface area (Å²) in [5.74, 6) is 0.671. The molecule has 2 heteroatoms. The van der Waals surface area contributed by atoms with Gasteiger partial charge < -0.3 is 10.7 Å². The van der Waals surface area contributed by atoms with Crippen LogP contribution in [0.1, 0.15) is 36.0 Å². The average Bonchev–Trinajstić information content (AvgIpc) is 2.87. The van der Waals surface area contributed by atoms with Crippen molar-refractivity contribution in [1.29, 1.82) is 0 Å². The highest BCUT2D eigenvalue weighted by Crippen LogP contribution is 2.31. The van der Waals surface area contributed by atoms with Crippen LogP contribution in [0.25, 0.3) is 10.9 Å². The van der Waals surface area contributed by atoms with E-state index in [1.54, 1.807) is 0 Å². The molecule has 0 amide bonds. The van der Waals surface area contributed by atoms with E-state index in [4.69, 9.17) is 5.73 Å². The maximum atomic E-state index is 6.19. The Labute approximate surface area is 109 Å². The highest BCUT2D eigenvalue weighted by Gasteiger charge is 2.25. The van der Waals surface area contributed by atoms with E-state index in [0.29, 0.717) is 12.0 Å². The van der Waals surface area contributed by atoms with Crippen molar-refractivity contribution in [3.05, 3.63) is 35.0 Å². The van der Waals surface area contributed by atoms with Crippen molar-refractivity contribution in [2.75, 3.05) is 0 Å². The predicted octanol–water partition coefficient (Wildman–Crippen LogP) is 3.45. The summed E-state index contributed by atoms with van der Waals surface area (Å²) in [5, 5.41) is 1.42. The van der Waals surface area contributed by atoms with Gasteiger partial charge in [-0.3, -0.25) is 0 Å². The quantitative estimate of drug-likeness (QED) is 0.832. The first kappa shape index (κ1) is 11.8. The molecule has 18 heavy (non-hydrogen) atoms. The normalized spacial score (nSPS) is 23.9. The molecule has 1 aliphatic rings. The lowest BCUT2D eigenvalue weighted by molar-refractivity contribution is 0.480. The Kier molecular flexibility index (Phi) is 2.90. The number of benzene rings is 1. The second-order valence-electron chi connectivity index (χ2n) is 5.88. The zero-order valence-corrected chi connectivity index (χ0v) is 11.3. The molecule has 1 aliphatic carbocycles. The van der Waals surface area contributed by atoms with Gasteiger partial charge in [0, 0.05) is 23.1 Å². The zero-order chi connectivity index (χ0) is 12.7. The molecule has 3 N–H and O–H groups in total. The van der Waals surface area contributed by atoms with E-state index in [1.165, 1.54) is 46.9 Å². The predicted molar refractivity (Wildman–Crippen MR) is 76.8 cm³/mol. The Morgan fingerprint density at radius 2 is 2.11 bits per heavy atom. The van der Waals surface area contributed by atoms with E-state index < -0.39 is 0 Å². The lowest BCUT2D eigenvalue weighted by Gasteiger charge is -2.15. The molecule has 96 valence electrons. The Morgan fingerprint density at radius 3 is 2.83 bits per heavy atom. The van der Waals surface area contributed by atoms with Gasteiger partial charge in [0.1, 0.15) is 0 Å². The number of aryl methyl sites for hydroxylation is 2. The fourth-order valence-electron chi connectivity index (χ4n) is 3.51. The number of fused-ring (bicyclic) bond motifs is 1. The number of hydrogen-bond donors (Lipinski definition) is 2. The number of nitrogens with two attached hydrogens (primary N) is 1. The van der Waals surface area contributed by atoms with Crippen molar-refractivity contribution in [2.45, 2.75) is 45.6 Å². The van der Waals surface area contributed by atoms with Crippen LogP contribution in [-0.2, 0) is 6.42 Å². The Balaban J connectivity index is 1.97. The molecule has 0 saturated heterocycles. The Morgan fingerprint density at radius 1 is 1.28 bits per heavy atom. The van der Waals surface area contributed by atoms with Crippen LogP contribution in [0, 0.1) is 19.8 Å². The second kappa shape index (κ2) is 4.43. The van der Waals surface area contributed by atoms with Crippen LogP contribution < -0.4 is 5.73 Å². The lowest BCUT2D eigenvalue weighted by Crippen LogP contribution is -2.25. The smallest absolute Gasteiger partial charge is 0.0462 e. The van der Waals surface area contributed by atoms with Gasteiger partial charge in [0.25, 0.3) is 0 Å². The highest BCUT2D eigenvalue weighted by molar-refractivity contribution is 5.87. The fraction of sp³-hybridized carbons (Fsp3) is 0.500. The van der Waals surface area contributed by atoms with E-state index in [2.05, 4.69) is 37.2 Å². The summed E-state index contributed by atoms with van der Waals surface area (Å²) in [5.41, 5.74) is 11.6. The summed E-state index contributed by atoms with van der Waals surface area (Å²) >= 11 is 0. The molecule has 2 nitrogen and oxygen atoms in total. The van der Waals surface area contributed by atoms with Crippen LogP contribution in [0.2, 0.25) is 0 Å². The molecule has 1 aromatic heterocycles. The van der Waals surface area contributed by atoms with Crippen LogP contribution in [-0.4, -0.2) is 11.0 Å². The summed E-state index contributed by atoms with van der Waals surface area (Å²) in [6.07, 6.45) is 7.10. The minimum atomic E-state index is 0.403. The summed E-state index contributed by atoms with van der Waals surface area (Å²) in [7, 11) is 0. The second-order valence-corrected chi connectivity index (χ2v) is 5.88. The number of H-pyrrole nitrogens is 1. The van der Waals surface area contributed by atoms with Crippen LogP contribution >= 0.6 is 0 Å². The lowest BCUT2D eigenvalue weighted by atomic mass is 9.93. The number of nitrogens with one attached hydrogen (secondary N) is 1. The van der Waals surface area contributed by atoms with Crippen LogP contribution in [0.3, 0.4) is 0 Å². The summed E-state index contributed by atoms with van der Waals surface area (Å²) in [6.45, 7) is 4.36. The number of hydrogen-bond acceptors (Lipinski definition) is 1. The molecule has 1 aromatic carbocycles. The van der Waals surface area contributed by atoms with Crippen LogP contribution in [0.15, 0.2) is 18.3 Å². The summed E-state index contributed by atoms with van der Waals surface area (Å²) in [6, 6.07) is 4.91. The summed E-state index contributed by atoms with van der Waals surface area (Å²) in [4.78, 5) is 3.42. The number of aromatic amines is 1. The van der Waals surface area contributed by atoms with Crippen molar-refractivity contribution in [1.82, 2.24) is 4.98 Å². The minimum Gasteiger partial charge on any atom is -0.361 e. The van der Waals surface area contributed by atoms with E-state index in [9.17, 15) is 0 Å². The van der Waals surface area contributed by atoms with Gasteiger partial charge in [-0.15, -0.1) is 0 Å². The molecule has 1 heterocycles. The van der Waals surface area contributed by atoms with Crippen molar-refractivity contribution in [3.63, 3.8) is 0 Å². The van der Waals surface area contributed by atoms with Crippen LogP contribution in [0.5, 0.6) is 0 Å². The van der Waals surface area contributed by atoms with Gasteiger partial charge in [0.15, 0.2) is 0 Å². The largest absolute Gasteiger partial charge is 0.361 e. The first-order chi connectivity index (χ1) is 8.65. The van der Waals surface area contributed by atoms with Gasteiger partial charge in [0.2, 0.25) is 0 Å². The topological polar surface area (TPSA) is 41.8 Å². The molecule has 2 atom stereocenters. The molecular weight excluding hydrogens is 220 g/mol. The third-order valence-electron chi connectivity index (χ3n) is 4.40. The van der Waals surface area contributed by atoms with Gasteiger partial charge in [-0.25, -0.2) is 0 Å². The number of rotatable bonds is 2. The van der Waals surface area contributed by atoms with Crippen molar-refractivity contribution in [2.24, 2.45) is 11.7 Å². The molecular formula is C16H22N2. The Hall–Kier alpha value is -1.28. The third kappa shape index (κ3) is 1.95. The maximum Gasteiger partial charge on any atom is 0.0462 e. The van der Waals surface area contributed by atoms with Crippen molar-refractivity contribution >= 4 is 10.9 Å². The third-order valence-corrected chi connectivity index (χ3v) is 4.40. The van der Waals surface area contributed by atoms with Gasteiger partial charge >= 0.3 is 0 Å². The molecule has 0 bridgehead atoms. The van der Waals surface area contributed by atoms with Gasteiger partial charge in [0.05, 0.1) is 0 Å². The molecule has 3 rings (SSSR count). The van der Waals surface area contributed by atoms with Crippen LogP contribution in [0.4, 0.5) is 0 Å². The summed E-state index contributed by atoms with van der Waals surface area (Å²) < 4.78 is 0. The molecule has 1 saturated carbocycles. The standard InChI is InChI=1S/C16H22N2/c1-10-6-11(2)16-13(9-18-15(16)7-10)8-12-4-3-5-14(12)17/h6-7,9,12,14,18H,3-5,8,17H2,1-2H3. The van der Waals surface area contributed by atoms with Gasteiger partial charge in [-0.1, -0.05) is 12.5 Å². The van der Waals surface area contributed by atoms with E-state index >= 15 is 0 Å². The molecule has 0 aliphatic heterocycles.